The Hall–Kier alpha value is -2.60. The van der Waals surface area contributed by atoms with E-state index < -0.39 is 17.2 Å². The molecule has 2 heterocycles. The second kappa shape index (κ2) is 6.78. The fraction of sp³-hybridized carbons (Fsp3) is 0.286. The summed E-state index contributed by atoms with van der Waals surface area (Å²) in [6.07, 6.45) is 2.05. The van der Waals surface area contributed by atoms with Crippen LogP contribution in [0.4, 0.5) is 14.5 Å². The fourth-order valence-corrected chi connectivity index (χ4v) is 3.92. The van der Waals surface area contributed by atoms with Gasteiger partial charge in [-0.3, -0.25) is 0 Å². The van der Waals surface area contributed by atoms with E-state index in [1.54, 1.807) is 31.3 Å². The number of hydrogen-bond donors (Lipinski definition) is 2. The largest absolute Gasteiger partial charge is 0.396 e. The number of nitrogens with zero attached hydrogens (tertiary/aromatic N) is 1. The molecule has 2 N–H and O–H groups in total. The number of fused-ring (bicyclic) bond motifs is 2. The van der Waals surface area contributed by atoms with Crippen LogP contribution in [0.5, 0.6) is 0 Å². The topological polar surface area (TPSA) is 49.4 Å². The van der Waals surface area contributed by atoms with E-state index in [2.05, 4.69) is 15.5 Å². The molecule has 0 aliphatic carbocycles. The zero-order chi connectivity index (χ0) is 20.1. The summed E-state index contributed by atoms with van der Waals surface area (Å²) in [5.41, 5.74) is 1.52. The van der Waals surface area contributed by atoms with Crippen molar-refractivity contribution in [1.82, 2.24) is 4.98 Å². The zero-order valence-electron chi connectivity index (χ0n) is 15.8. The van der Waals surface area contributed by atoms with Crippen LogP contribution >= 0.6 is 11.6 Å². The van der Waals surface area contributed by atoms with Crippen molar-refractivity contribution in [3.63, 3.8) is 0 Å². The van der Waals surface area contributed by atoms with Crippen molar-refractivity contribution >= 4 is 33.9 Å². The number of benzene rings is 2. The first kappa shape index (κ1) is 18.7. The van der Waals surface area contributed by atoms with Crippen molar-refractivity contribution in [1.29, 1.82) is 0 Å². The van der Waals surface area contributed by atoms with Gasteiger partial charge in [0.15, 0.2) is 0 Å². The summed E-state index contributed by atoms with van der Waals surface area (Å²) in [6.45, 7) is 6.06. The van der Waals surface area contributed by atoms with E-state index in [1.807, 2.05) is 13.8 Å². The Kier molecular flexibility index (Phi) is 4.54. The summed E-state index contributed by atoms with van der Waals surface area (Å²) in [7, 11) is 0. The van der Waals surface area contributed by atoms with E-state index in [0.29, 0.717) is 45.9 Å². The van der Waals surface area contributed by atoms with Gasteiger partial charge in [-0.15, -0.1) is 0 Å². The molecule has 28 heavy (non-hydrogen) atoms. The van der Waals surface area contributed by atoms with Crippen LogP contribution in [0.15, 0.2) is 35.6 Å². The van der Waals surface area contributed by atoms with E-state index >= 15 is 8.78 Å². The maximum Gasteiger partial charge on any atom is 0.145 e. The number of oxime groups is 1. The van der Waals surface area contributed by atoms with Gasteiger partial charge in [0.1, 0.15) is 18.2 Å². The van der Waals surface area contributed by atoms with Crippen LogP contribution < -0.4 is 5.32 Å². The lowest BCUT2D eigenvalue weighted by molar-refractivity contribution is 0.157. The van der Waals surface area contributed by atoms with Crippen LogP contribution in [0, 0.1) is 11.6 Å². The van der Waals surface area contributed by atoms with Gasteiger partial charge >= 0.3 is 0 Å². The smallest absolute Gasteiger partial charge is 0.145 e. The lowest BCUT2D eigenvalue weighted by atomic mass is 9.85. The molecule has 1 aliphatic heterocycles. The first-order valence-electron chi connectivity index (χ1n) is 9.07. The second-order valence-electron chi connectivity index (χ2n) is 7.48. The SMILES string of the molecule is CCO/N=C1\CC(C)(C)Nc2cc(F)c(-c3cccc4c(Cl)c[nH]c34)c(F)c21. The van der Waals surface area contributed by atoms with Gasteiger partial charge in [0.25, 0.3) is 0 Å². The van der Waals surface area contributed by atoms with Gasteiger partial charge in [-0.1, -0.05) is 35.0 Å². The molecule has 4 rings (SSSR count). The van der Waals surface area contributed by atoms with Crippen molar-refractivity contribution < 1.29 is 13.6 Å². The predicted octanol–water partition coefficient (Wildman–Crippen LogP) is 6.10. The molecule has 0 atom stereocenters. The van der Waals surface area contributed by atoms with Crippen molar-refractivity contribution in [2.45, 2.75) is 32.7 Å². The Bertz CT molecular complexity index is 1100. The summed E-state index contributed by atoms with van der Waals surface area (Å²) >= 11 is 6.17. The van der Waals surface area contributed by atoms with E-state index in [-0.39, 0.29) is 11.1 Å². The molecular weight excluding hydrogens is 384 g/mol. The summed E-state index contributed by atoms with van der Waals surface area (Å²) < 4.78 is 30.8. The molecule has 0 bridgehead atoms. The average molecular weight is 404 g/mol. The van der Waals surface area contributed by atoms with Crippen molar-refractivity contribution in [2.24, 2.45) is 5.16 Å². The average Bonchev–Trinajstić information content (AvgIpc) is 3.00. The molecule has 7 heteroatoms. The highest BCUT2D eigenvalue weighted by Gasteiger charge is 2.34. The third kappa shape index (κ3) is 3.02. The summed E-state index contributed by atoms with van der Waals surface area (Å²) in [5, 5.41) is 8.52. The molecule has 2 aromatic carbocycles. The zero-order valence-corrected chi connectivity index (χ0v) is 16.5. The van der Waals surface area contributed by atoms with Gasteiger partial charge in [-0.25, -0.2) is 8.78 Å². The third-order valence-electron chi connectivity index (χ3n) is 4.83. The van der Waals surface area contributed by atoms with Crippen LogP contribution in [0.2, 0.25) is 5.02 Å². The first-order valence-corrected chi connectivity index (χ1v) is 9.45. The quantitative estimate of drug-likeness (QED) is 0.519. The minimum atomic E-state index is -0.672. The second-order valence-corrected chi connectivity index (χ2v) is 7.88. The highest BCUT2D eigenvalue weighted by atomic mass is 35.5. The molecule has 0 saturated heterocycles. The number of nitrogens with one attached hydrogen (secondary N) is 2. The molecule has 1 aliphatic rings. The highest BCUT2D eigenvalue weighted by Crippen LogP contribution is 2.41. The maximum atomic E-state index is 15.7. The number of halogens is 3. The van der Waals surface area contributed by atoms with E-state index in [9.17, 15) is 0 Å². The fourth-order valence-electron chi connectivity index (χ4n) is 3.71. The number of anilines is 1. The van der Waals surface area contributed by atoms with Crippen LogP contribution in [-0.4, -0.2) is 22.8 Å². The highest BCUT2D eigenvalue weighted by molar-refractivity contribution is 6.36. The summed E-state index contributed by atoms with van der Waals surface area (Å²) in [6, 6.07) is 6.52. The molecule has 1 aromatic heterocycles. The molecule has 3 aromatic rings. The first-order chi connectivity index (χ1) is 13.3. The number of H-pyrrole nitrogens is 1. The molecule has 0 unspecified atom stereocenters. The molecule has 0 spiro atoms. The van der Waals surface area contributed by atoms with Crippen molar-refractivity contribution in [2.75, 3.05) is 11.9 Å². The Morgan fingerprint density at radius 3 is 2.79 bits per heavy atom. The van der Waals surface area contributed by atoms with Crippen LogP contribution in [0.25, 0.3) is 22.0 Å². The Morgan fingerprint density at radius 1 is 1.25 bits per heavy atom. The molecule has 0 radical (unpaired) electrons. The maximum absolute atomic E-state index is 15.7. The lowest BCUT2D eigenvalue weighted by Gasteiger charge is -2.35. The number of aromatic amines is 1. The number of hydrogen-bond acceptors (Lipinski definition) is 3. The van der Waals surface area contributed by atoms with Gasteiger partial charge in [0.2, 0.25) is 0 Å². The van der Waals surface area contributed by atoms with Crippen LogP contribution in [0.1, 0.15) is 32.8 Å². The van der Waals surface area contributed by atoms with Gasteiger partial charge in [0.05, 0.1) is 27.4 Å². The molecule has 0 saturated carbocycles. The van der Waals surface area contributed by atoms with E-state index in [0.717, 1.165) is 0 Å². The predicted molar refractivity (Wildman–Crippen MR) is 109 cm³/mol. The Morgan fingerprint density at radius 2 is 2.04 bits per heavy atom. The van der Waals surface area contributed by atoms with Crippen molar-refractivity contribution in [3.05, 3.63) is 52.7 Å². The van der Waals surface area contributed by atoms with Crippen LogP contribution in [-0.2, 0) is 4.84 Å². The normalized spacial score (nSPS) is 16.9. The third-order valence-corrected chi connectivity index (χ3v) is 5.14. The van der Waals surface area contributed by atoms with Gasteiger partial charge in [0, 0.05) is 34.8 Å². The molecule has 0 fully saturated rings. The summed E-state index contributed by atoms with van der Waals surface area (Å²) in [4.78, 5) is 8.22. The Balaban J connectivity index is 1.99. The monoisotopic (exact) mass is 403 g/mol. The molecular formula is C21H20ClF2N3O. The molecule has 0 amide bonds. The standard InChI is InChI=1S/C21H20ClF2N3O/c1-4-28-27-16-9-21(2,3)26-15-8-14(23)17(19(24)18(15)16)12-7-5-6-11-13(22)10-25-20(11)12/h5-8,10,25-26H,4,9H2,1-3H3/b27-16+. The minimum absolute atomic E-state index is 0.117. The Labute approximate surface area is 166 Å². The van der Waals surface area contributed by atoms with Crippen molar-refractivity contribution in [3.8, 4) is 11.1 Å². The van der Waals surface area contributed by atoms with Crippen LogP contribution in [0.3, 0.4) is 0 Å². The number of rotatable bonds is 3. The number of aromatic nitrogens is 1. The number of para-hydroxylation sites is 1. The summed E-state index contributed by atoms with van der Waals surface area (Å²) in [5.74, 6) is -1.33. The molecule has 146 valence electrons. The van der Waals surface area contributed by atoms with Gasteiger partial charge < -0.3 is 15.1 Å². The van der Waals surface area contributed by atoms with Gasteiger partial charge in [-0.05, 0) is 26.8 Å². The lowest BCUT2D eigenvalue weighted by Crippen LogP contribution is -2.39. The van der Waals surface area contributed by atoms with Gasteiger partial charge in [-0.2, -0.15) is 0 Å². The van der Waals surface area contributed by atoms with E-state index in [1.165, 1.54) is 6.07 Å². The molecule has 4 nitrogen and oxygen atoms in total. The minimum Gasteiger partial charge on any atom is -0.396 e. The van der Waals surface area contributed by atoms with E-state index in [4.69, 9.17) is 16.4 Å².